The fourth-order valence-corrected chi connectivity index (χ4v) is 3.09. The van der Waals surface area contributed by atoms with Crippen molar-refractivity contribution in [2.45, 2.75) is 31.5 Å². The maximum absolute atomic E-state index is 11.8. The summed E-state index contributed by atoms with van der Waals surface area (Å²) >= 11 is 1.44. The number of aromatic nitrogens is 3. The number of hydrogen-bond donors (Lipinski definition) is 4. The van der Waals surface area contributed by atoms with Gasteiger partial charge in [0, 0.05) is 6.20 Å². The Balaban J connectivity index is 2.05. The molecule has 1 saturated heterocycles. The number of hydrogen-bond acceptors (Lipinski definition) is 9. The van der Waals surface area contributed by atoms with Gasteiger partial charge in [-0.1, -0.05) is 0 Å². The van der Waals surface area contributed by atoms with Crippen LogP contribution in [0.4, 0.5) is 10.6 Å². The second-order valence-corrected chi connectivity index (χ2v) is 6.64. The Morgan fingerprint density at radius 2 is 2.08 bits per heavy atom. The molecule has 1 amide bonds. The van der Waals surface area contributed by atoms with Crippen molar-refractivity contribution in [3.63, 3.8) is 0 Å². The zero-order valence-corrected chi connectivity index (χ0v) is 15.7. The number of aryl methyl sites for hydroxylation is 1. The zero-order valence-electron chi connectivity index (χ0n) is 13.5. The van der Waals surface area contributed by atoms with Gasteiger partial charge in [-0.3, -0.25) is 4.79 Å². The SMILES string of the molecule is Cc1nc(N)c2c(C(N)=O)cn(C3OC(COC(=O)I)C(O)C3O)c2n1. The third-order valence-electron chi connectivity index (χ3n) is 4.05. The number of nitrogens with zero attached hydrogens (tertiary/aromatic N) is 3. The number of carbonyl (C=O) groups is 2. The van der Waals surface area contributed by atoms with Crippen LogP contribution >= 0.6 is 22.6 Å². The van der Waals surface area contributed by atoms with Crippen LogP contribution in [0.1, 0.15) is 22.4 Å². The predicted octanol–water partition coefficient (Wildman–Crippen LogP) is -0.388. The smallest absolute Gasteiger partial charge is 0.367 e. The van der Waals surface area contributed by atoms with Gasteiger partial charge in [-0.05, 0) is 6.92 Å². The van der Waals surface area contributed by atoms with E-state index >= 15 is 0 Å². The molecular weight excluding hydrogens is 461 g/mol. The summed E-state index contributed by atoms with van der Waals surface area (Å²) < 4.78 is 11.2. The summed E-state index contributed by atoms with van der Waals surface area (Å²) in [6.07, 6.45) is -3.38. The lowest BCUT2D eigenvalue weighted by atomic mass is 10.1. The average Bonchev–Trinajstić information content (AvgIpc) is 3.05. The molecule has 2 aromatic heterocycles. The van der Waals surface area contributed by atoms with E-state index in [0.29, 0.717) is 5.82 Å². The highest BCUT2D eigenvalue weighted by Gasteiger charge is 2.45. The van der Waals surface area contributed by atoms with Crippen molar-refractivity contribution in [3.8, 4) is 0 Å². The summed E-state index contributed by atoms with van der Waals surface area (Å²) in [5, 5.41) is 20.8. The van der Waals surface area contributed by atoms with E-state index in [0.717, 1.165) is 0 Å². The van der Waals surface area contributed by atoms with Gasteiger partial charge in [0.15, 0.2) is 6.23 Å². The molecule has 1 aliphatic rings. The van der Waals surface area contributed by atoms with E-state index in [1.54, 1.807) is 6.92 Å². The number of nitrogens with two attached hydrogens (primary N) is 2. The van der Waals surface area contributed by atoms with E-state index in [1.165, 1.54) is 33.4 Å². The molecule has 4 atom stereocenters. The number of rotatable bonds is 4. The number of aliphatic hydroxyl groups excluding tert-OH is 2. The van der Waals surface area contributed by atoms with Crippen LogP contribution in [0, 0.1) is 6.92 Å². The minimum absolute atomic E-state index is 0.0588. The number of amides is 1. The van der Waals surface area contributed by atoms with Gasteiger partial charge >= 0.3 is 3.98 Å². The first-order valence-corrected chi connectivity index (χ1v) is 8.57. The summed E-state index contributed by atoms with van der Waals surface area (Å²) in [5.74, 6) is -0.353. The zero-order chi connectivity index (χ0) is 19.2. The van der Waals surface area contributed by atoms with E-state index in [-0.39, 0.29) is 29.0 Å². The average molecular weight is 477 g/mol. The molecule has 0 saturated carbocycles. The summed E-state index contributed by atoms with van der Waals surface area (Å²) in [4.78, 5) is 31.0. The Hall–Kier alpha value is -2.03. The largest absolute Gasteiger partial charge is 0.455 e. The van der Waals surface area contributed by atoms with Gasteiger partial charge in [0.2, 0.25) is 0 Å². The molecule has 140 valence electrons. The van der Waals surface area contributed by atoms with E-state index in [9.17, 15) is 19.8 Å². The van der Waals surface area contributed by atoms with E-state index < -0.39 is 34.4 Å². The Morgan fingerprint density at radius 3 is 2.69 bits per heavy atom. The van der Waals surface area contributed by atoms with Crippen molar-refractivity contribution >= 4 is 49.3 Å². The third kappa shape index (κ3) is 3.20. The van der Waals surface area contributed by atoms with Crippen LogP contribution in [-0.4, -0.2) is 59.6 Å². The molecule has 12 heteroatoms. The molecule has 11 nitrogen and oxygen atoms in total. The molecule has 0 radical (unpaired) electrons. The Morgan fingerprint density at radius 1 is 1.38 bits per heavy atom. The quantitative estimate of drug-likeness (QED) is 0.338. The van der Waals surface area contributed by atoms with Crippen LogP contribution in [0.15, 0.2) is 6.20 Å². The van der Waals surface area contributed by atoms with Crippen molar-refractivity contribution in [2.75, 3.05) is 12.3 Å². The fraction of sp³-hybridized carbons (Fsp3) is 0.429. The molecule has 1 fully saturated rings. The van der Waals surface area contributed by atoms with E-state index in [2.05, 4.69) is 9.97 Å². The molecule has 2 aromatic rings. The normalized spacial score (nSPS) is 25.5. The highest BCUT2D eigenvalue weighted by Crippen LogP contribution is 2.35. The Kier molecular flexibility index (Phi) is 5.01. The number of carbonyl (C=O) groups excluding carboxylic acids is 2. The summed E-state index contributed by atoms with van der Waals surface area (Å²) in [5.41, 5.74) is 11.6. The molecule has 0 aliphatic carbocycles. The van der Waals surface area contributed by atoms with Gasteiger partial charge in [-0.2, -0.15) is 0 Å². The number of primary amides is 1. The van der Waals surface area contributed by atoms with Gasteiger partial charge in [0.1, 0.15) is 42.2 Å². The molecule has 6 N–H and O–H groups in total. The maximum atomic E-state index is 11.8. The van der Waals surface area contributed by atoms with Gasteiger partial charge in [-0.25, -0.2) is 14.8 Å². The standard InChI is InChI=1S/C14H16IN5O6/c1-4-18-10(16)7-5(11(17)23)2-20(12(7)19-4)13-9(22)8(21)6(26-13)3-25-14(15)24/h2,6,8-9,13,21-22H,3H2,1H3,(H2,17,23)(H2,16,18,19). The Labute approximate surface area is 160 Å². The van der Waals surface area contributed by atoms with E-state index in [1.807, 2.05) is 0 Å². The number of ether oxygens (including phenoxy) is 2. The maximum Gasteiger partial charge on any atom is 0.367 e. The summed E-state index contributed by atoms with van der Waals surface area (Å²) in [6.45, 7) is 1.37. The molecule has 26 heavy (non-hydrogen) atoms. The highest BCUT2D eigenvalue weighted by atomic mass is 127. The van der Waals surface area contributed by atoms with E-state index in [4.69, 9.17) is 20.9 Å². The van der Waals surface area contributed by atoms with Crippen LogP contribution in [-0.2, 0) is 9.47 Å². The molecule has 0 bridgehead atoms. The number of aliphatic hydroxyl groups is 2. The van der Waals surface area contributed by atoms with Crippen LogP contribution < -0.4 is 11.5 Å². The van der Waals surface area contributed by atoms with Gasteiger partial charge < -0.3 is 35.7 Å². The van der Waals surface area contributed by atoms with Crippen LogP contribution in [0.25, 0.3) is 11.0 Å². The van der Waals surface area contributed by atoms with Gasteiger partial charge in [0.05, 0.1) is 33.5 Å². The second-order valence-electron chi connectivity index (χ2n) is 5.76. The lowest BCUT2D eigenvalue weighted by Crippen LogP contribution is -2.34. The highest BCUT2D eigenvalue weighted by molar-refractivity contribution is 14.1. The Bertz CT molecular complexity index is 886. The molecule has 0 spiro atoms. The monoisotopic (exact) mass is 477 g/mol. The predicted molar refractivity (Wildman–Crippen MR) is 96.5 cm³/mol. The lowest BCUT2D eigenvalue weighted by Gasteiger charge is -2.17. The minimum atomic E-state index is -1.36. The van der Waals surface area contributed by atoms with Crippen molar-refractivity contribution in [2.24, 2.45) is 5.73 Å². The fourth-order valence-electron chi connectivity index (χ4n) is 2.91. The van der Waals surface area contributed by atoms with Gasteiger partial charge in [-0.15, -0.1) is 0 Å². The first-order valence-electron chi connectivity index (χ1n) is 7.49. The van der Waals surface area contributed by atoms with Crippen molar-refractivity contribution < 1.29 is 29.3 Å². The number of halogens is 1. The molecule has 1 aliphatic heterocycles. The second kappa shape index (κ2) is 6.94. The summed E-state index contributed by atoms with van der Waals surface area (Å²) in [6, 6.07) is 0. The third-order valence-corrected chi connectivity index (χ3v) is 4.36. The first-order chi connectivity index (χ1) is 12.2. The number of nitrogen functional groups attached to an aromatic ring is 1. The molecule has 3 heterocycles. The molecule has 3 rings (SSSR count). The summed E-state index contributed by atoms with van der Waals surface area (Å²) in [7, 11) is 0. The van der Waals surface area contributed by atoms with Crippen LogP contribution in [0.5, 0.6) is 0 Å². The van der Waals surface area contributed by atoms with Crippen molar-refractivity contribution in [3.05, 3.63) is 17.6 Å². The lowest BCUT2D eigenvalue weighted by molar-refractivity contribution is -0.0507. The minimum Gasteiger partial charge on any atom is -0.455 e. The topological polar surface area (TPSA) is 176 Å². The van der Waals surface area contributed by atoms with Crippen LogP contribution in [0.2, 0.25) is 0 Å². The van der Waals surface area contributed by atoms with Crippen molar-refractivity contribution in [1.29, 1.82) is 0 Å². The number of anilines is 1. The van der Waals surface area contributed by atoms with Crippen molar-refractivity contribution in [1.82, 2.24) is 14.5 Å². The first kappa shape index (κ1) is 18.8. The van der Waals surface area contributed by atoms with Gasteiger partial charge in [0.25, 0.3) is 5.91 Å². The molecule has 4 unspecified atom stereocenters. The number of fused-ring (bicyclic) bond motifs is 1. The van der Waals surface area contributed by atoms with Crippen LogP contribution in [0.3, 0.4) is 0 Å². The molecular formula is C14H16IN5O6. The molecule has 0 aromatic carbocycles.